The average molecular weight is 473 g/mol. The van der Waals surface area contributed by atoms with E-state index in [1.807, 2.05) is 23.1 Å². The van der Waals surface area contributed by atoms with Crippen molar-refractivity contribution in [3.05, 3.63) is 99.4 Å². The van der Waals surface area contributed by atoms with Crippen LogP contribution in [0.1, 0.15) is 29.0 Å². The fourth-order valence-corrected chi connectivity index (χ4v) is 5.58. The first kappa shape index (κ1) is 22.5. The number of aryl methyl sites for hydroxylation is 1. The van der Waals surface area contributed by atoms with Crippen LogP contribution in [0.2, 0.25) is 0 Å². The number of carbonyl (C=O) groups excluding carboxylic acids is 1. The summed E-state index contributed by atoms with van der Waals surface area (Å²) in [5.41, 5.74) is 2.37. The topological polar surface area (TPSA) is 58.4 Å². The van der Waals surface area contributed by atoms with E-state index < -0.39 is 0 Å². The smallest absolute Gasteiger partial charge is 0.262 e. The van der Waals surface area contributed by atoms with E-state index in [2.05, 4.69) is 65.3 Å². The summed E-state index contributed by atoms with van der Waals surface area (Å²) in [6.07, 6.45) is 2.38. The summed E-state index contributed by atoms with van der Waals surface area (Å²) in [5.74, 6) is -0.0372. The Kier molecular flexibility index (Phi) is 6.56. The third kappa shape index (κ3) is 4.54. The van der Waals surface area contributed by atoms with E-state index in [0.29, 0.717) is 18.5 Å². The molecule has 2 aromatic carbocycles. The predicted octanol–water partition coefficient (Wildman–Crippen LogP) is 3.95. The minimum absolute atomic E-state index is 0.0277. The van der Waals surface area contributed by atoms with Gasteiger partial charge in [0.2, 0.25) is 5.91 Å². The van der Waals surface area contributed by atoms with Crippen LogP contribution >= 0.6 is 11.3 Å². The summed E-state index contributed by atoms with van der Waals surface area (Å²) in [5, 5.41) is 0.607. The van der Waals surface area contributed by atoms with Crippen LogP contribution in [0.4, 0.5) is 0 Å². The van der Waals surface area contributed by atoms with Crippen LogP contribution in [0.3, 0.4) is 0 Å². The van der Waals surface area contributed by atoms with Crippen molar-refractivity contribution in [1.29, 1.82) is 0 Å². The molecule has 1 saturated heterocycles. The van der Waals surface area contributed by atoms with Crippen LogP contribution in [0, 0.1) is 0 Å². The molecule has 0 atom stereocenters. The van der Waals surface area contributed by atoms with Gasteiger partial charge in [-0.3, -0.25) is 19.1 Å². The van der Waals surface area contributed by atoms with Crippen molar-refractivity contribution in [1.82, 2.24) is 19.4 Å². The van der Waals surface area contributed by atoms with Gasteiger partial charge in [-0.15, -0.1) is 11.3 Å². The van der Waals surface area contributed by atoms with Gasteiger partial charge in [-0.1, -0.05) is 67.6 Å². The zero-order valence-electron chi connectivity index (χ0n) is 19.3. The Morgan fingerprint density at radius 2 is 1.59 bits per heavy atom. The van der Waals surface area contributed by atoms with Gasteiger partial charge in [0.1, 0.15) is 11.4 Å². The highest BCUT2D eigenvalue weighted by atomic mass is 32.1. The molecular formula is C27H28N4O2S. The van der Waals surface area contributed by atoms with Crippen LogP contribution in [-0.2, 0) is 17.8 Å². The number of amides is 1. The lowest BCUT2D eigenvalue weighted by molar-refractivity contribution is -0.133. The second kappa shape index (κ2) is 9.91. The first-order chi connectivity index (χ1) is 16.6. The van der Waals surface area contributed by atoms with E-state index in [-0.39, 0.29) is 24.1 Å². The van der Waals surface area contributed by atoms with Gasteiger partial charge in [0, 0.05) is 31.1 Å². The monoisotopic (exact) mass is 472 g/mol. The molecule has 4 aromatic rings. The Balaban J connectivity index is 1.29. The molecule has 2 aromatic heterocycles. The molecule has 0 N–H and O–H groups in total. The van der Waals surface area contributed by atoms with E-state index in [1.54, 1.807) is 11.3 Å². The average Bonchev–Trinajstić information content (AvgIpc) is 3.32. The summed E-state index contributed by atoms with van der Waals surface area (Å²) in [4.78, 5) is 36.5. The Morgan fingerprint density at radius 3 is 2.18 bits per heavy atom. The number of nitrogens with zero attached hydrogens (tertiary/aromatic N) is 4. The van der Waals surface area contributed by atoms with Crippen molar-refractivity contribution in [3.8, 4) is 0 Å². The van der Waals surface area contributed by atoms with Crippen LogP contribution in [-0.4, -0.2) is 51.4 Å². The summed E-state index contributed by atoms with van der Waals surface area (Å²) in [7, 11) is 0. The molecular weight excluding hydrogens is 444 g/mol. The highest BCUT2D eigenvalue weighted by Gasteiger charge is 2.28. The molecule has 5 rings (SSSR count). The Labute approximate surface area is 203 Å². The molecule has 174 valence electrons. The minimum Gasteiger partial charge on any atom is -0.339 e. The third-order valence-electron chi connectivity index (χ3n) is 6.49. The number of benzene rings is 2. The summed E-state index contributed by atoms with van der Waals surface area (Å²) in [6.45, 7) is 4.91. The molecule has 1 aliphatic heterocycles. The molecule has 0 bridgehead atoms. The van der Waals surface area contributed by atoms with E-state index >= 15 is 0 Å². The first-order valence-corrected chi connectivity index (χ1v) is 12.5. The molecule has 34 heavy (non-hydrogen) atoms. The van der Waals surface area contributed by atoms with Crippen molar-refractivity contribution < 1.29 is 4.79 Å². The SMILES string of the molecule is CCc1cc2c(=O)n(CC(=O)N3CCN(C(c4ccccc4)c4ccccc4)CC3)cnc2s1. The summed E-state index contributed by atoms with van der Waals surface area (Å²) in [6, 6.07) is 23.1. The summed E-state index contributed by atoms with van der Waals surface area (Å²) < 4.78 is 1.44. The fraction of sp³-hybridized carbons (Fsp3) is 0.296. The highest BCUT2D eigenvalue weighted by molar-refractivity contribution is 7.18. The van der Waals surface area contributed by atoms with Crippen molar-refractivity contribution in [2.45, 2.75) is 25.9 Å². The maximum absolute atomic E-state index is 13.1. The number of thiophene rings is 1. The van der Waals surface area contributed by atoms with Crippen LogP contribution in [0.25, 0.3) is 10.2 Å². The Hall–Kier alpha value is -3.29. The number of fused-ring (bicyclic) bond motifs is 1. The first-order valence-electron chi connectivity index (χ1n) is 11.7. The molecule has 1 aliphatic rings. The number of hydrogen-bond acceptors (Lipinski definition) is 5. The van der Waals surface area contributed by atoms with Crippen molar-refractivity contribution in [2.75, 3.05) is 26.2 Å². The molecule has 0 aliphatic carbocycles. The lowest BCUT2D eigenvalue weighted by atomic mass is 9.96. The number of rotatable bonds is 6. The fourth-order valence-electron chi connectivity index (χ4n) is 4.66. The van der Waals surface area contributed by atoms with Crippen LogP contribution in [0.5, 0.6) is 0 Å². The van der Waals surface area contributed by atoms with Gasteiger partial charge in [0.15, 0.2) is 0 Å². The van der Waals surface area contributed by atoms with Gasteiger partial charge in [0.05, 0.1) is 17.8 Å². The largest absolute Gasteiger partial charge is 0.339 e. The quantitative estimate of drug-likeness (QED) is 0.426. The Morgan fingerprint density at radius 1 is 0.971 bits per heavy atom. The lowest BCUT2D eigenvalue weighted by Crippen LogP contribution is -2.51. The van der Waals surface area contributed by atoms with Gasteiger partial charge in [-0.2, -0.15) is 0 Å². The molecule has 1 fully saturated rings. The number of aromatic nitrogens is 2. The predicted molar refractivity (Wildman–Crippen MR) is 136 cm³/mol. The third-order valence-corrected chi connectivity index (χ3v) is 7.67. The molecule has 0 saturated carbocycles. The molecule has 7 heteroatoms. The molecule has 6 nitrogen and oxygen atoms in total. The van der Waals surface area contributed by atoms with E-state index in [9.17, 15) is 9.59 Å². The maximum Gasteiger partial charge on any atom is 0.262 e. The number of piperazine rings is 1. The molecule has 3 heterocycles. The number of hydrogen-bond donors (Lipinski definition) is 0. The van der Waals surface area contributed by atoms with Crippen molar-refractivity contribution in [3.63, 3.8) is 0 Å². The molecule has 0 radical (unpaired) electrons. The molecule has 0 unspecified atom stereocenters. The zero-order chi connectivity index (χ0) is 23.5. The Bertz CT molecular complexity index is 1290. The second-order valence-corrected chi connectivity index (χ2v) is 9.72. The van der Waals surface area contributed by atoms with Crippen molar-refractivity contribution >= 4 is 27.5 Å². The number of carbonyl (C=O) groups is 1. The van der Waals surface area contributed by atoms with E-state index in [0.717, 1.165) is 29.2 Å². The van der Waals surface area contributed by atoms with Gasteiger partial charge in [-0.05, 0) is 23.6 Å². The highest BCUT2D eigenvalue weighted by Crippen LogP contribution is 2.29. The van der Waals surface area contributed by atoms with Gasteiger partial charge >= 0.3 is 0 Å². The van der Waals surface area contributed by atoms with Crippen LogP contribution in [0.15, 0.2) is 77.9 Å². The van der Waals surface area contributed by atoms with Gasteiger partial charge in [0.25, 0.3) is 5.56 Å². The minimum atomic E-state index is -0.138. The van der Waals surface area contributed by atoms with E-state index in [1.165, 1.54) is 22.0 Å². The normalized spacial score (nSPS) is 14.7. The van der Waals surface area contributed by atoms with E-state index in [4.69, 9.17) is 0 Å². The lowest BCUT2D eigenvalue weighted by Gasteiger charge is -2.39. The van der Waals surface area contributed by atoms with Crippen LogP contribution < -0.4 is 5.56 Å². The van der Waals surface area contributed by atoms with Gasteiger partial charge < -0.3 is 4.90 Å². The van der Waals surface area contributed by atoms with Crippen molar-refractivity contribution in [2.24, 2.45) is 0 Å². The molecule has 1 amide bonds. The summed E-state index contributed by atoms with van der Waals surface area (Å²) >= 11 is 1.54. The maximum atomic E-state index is 13.1. The standard InChI is InChI=1S/C27H28N4O2S/c1-2-22-17-23-26(34-22)28-19-31(27(23)33)18-24(32)29-13-15-30(16-14-29)25(20-9-5-3-6-10-20)21-11-7-4-8-12-21/h3-12,17,19,25H,2,13-16,18H2,1H3. The van der Waals surface area contributed by atoms with Gasteiger partial charge in [-0.25, -0.2) is 4.98 Å². The zero-order valence-corrected chi connectivity index (χ0v) is 20.1. The second-order valence-electron chi connectivity index (χ2n) is 8.60. The molecule has 0 spiro atoms.